The van der Waals surface area contributed by atoms with Gasteiger partial charge in [-0.05, 0) is 36.6 Å². The molecule has 2 aromatic heterocycles. The van der Waals surface area contributed by atoms with E-state index in [1.165, 1.54) is 0 Å². The third kappa shape index (κ3) is 2.24. The molecule has 0 saturated heterocycles. The van der Waals surface area contributed by atoms with Crippen molar-refractivity contribution >= 4 is 17.3 Å². The van der Waals surface area contributed by atoms with Crippen molar-refractivity contribution in [3.63, 3.8) is 0 Å². The van der Waals surface area contributed by atoms with Crippen LogP contribution in [0.3, 0.4) is 0 Å². The monoisotopic (exact) mass is 292 g/mol. The SMILES string of the molecule is Cc1cscc1-c1noc(C2CC(C)CC2C(=O)O)n1. The molecule has 0 aromatic carbocycles. The van der Waals surface area contributed by atoms with Crippen molar-refractivity contribution in [3.8, 4) is 11.4 Å². The summed E-state index contributed by atoms with van der Waals surface area (Å²) in [5.41, 5.74) is 2.07. The first-order chi connectivity index (χ1) is 9.56. The van der Waals surface area contributed by atoms with Gasteiger partial charge in [-0.3, -0.25) is 4.79 Å². The fourth-order valence-electron chi connectivity index (χ4n) is 2.92. The molecule has 3 rings (SSSR count). The Hall–Kier alpha value is -1.69. The third-order valence-corrected chi connectivity index (χ3v) is 4.83. The quantitative estimate of drug-likeness (QED) is 0.939. The Morgan fingerprint density at radius 3 is 2.90 bits per heavy atom. The predicted molar refractivity (Wildman–Crippen MR) is 74.6 cm³/mol. The fraction of sp³-hybridized carbons (Fsp3) is 0.500. The lowest BCUT2D eigenvalue weighted by atomic mass is 9.96. The molecule has 1 aliphatic carbocycles. The lowest BCUT2D eigenvalue weighted by Gasteiger charge is -2.09. The van der Waals surface area contributed by atoms with Crippen LogP contribution in [0.2, 0.25) is 0 Å². The standard InChI is InChI=1S/C14H16N2O3S/c1-7-3-9(10(4-7)14(17)18)13-15-12(16-19-13)11-6-20-5-8(11)2/h5-7,9-10H,3-4H2,1-2H3,(H,17,18). The van der Waals surface area contributed by atoms with Gasteiger partial charge in [-0.15, -0.1) is 0 Å². The summed E-state index contributed by atoms with van der Waals surface area (Å²) < 4.78 is 5.34. The molecule has 20 heavy (non-hydrogen) atoms. The molecule has 0 amide bonds. The topological polar surface area (TPSA) is 76.2 Å². The van der Waals surface area contributed by atoms with Crippen LogP contribution >= 0.6 is 11.3 Å². The summed E-state index contributed by atoms with van der Waals surface area (Å²) in [7, 11) is 0. The van der Waals surface area contributed by atoms with Gasteiger partial charge in [0.05, 0.1) is 11.8 Å². The van der Waals surface area contributed by atoms with E-state index in [0.717, 1.165) is 17.5 Å². The number of carbonyl (C=O) groups is 1. The first-order valence-corrected chi connectivity index (χ1v) is 7.60. The van der Waals surface area contributed by atoms with Crippen LogP contribution in [0.4, 0.5) is 0 Å². The van der Waals surface area contributed by atoms with Crippen LogP contribution in [0.1, 0.15) is 37.1 Å². The van der Waals surface area contributed by atoms with Crippen molar-refractivity contribution in [2.75, 3.05) is 0 Å². The van der Waals surface area contributed by atoms with Crippen LogP contribution in [0.25, 0.3) is 11.4 Å². The molecular weight excluding hydrogens is 276 g/mol. The van der Waals surface area contributed by atoms with Crippen molar-refractivity contribution in [2.24, 2.45) is 11.8 Å². The van der Waals surface area contributed by atoms with Crippen LogP contribution in [-0.4, -0.2) is 21.2 Å². The number of thiophene rings is 1. The molecule has 2 aromatic rings. The maximum atomic E-state index is 11.3. The first kappa shape index (κ1) is 13.3. The molecule has 1 fully saturated rings. The lowest BCUT2D eigenvalue weighted by Crippen LogP contribution is -2.17. The minimum absolute atomic E-state index is 0.164. The average molecular weight is 292 g/mol. The lowest BCUT2D eigenvalue weighted by molar-refractivity contribution is -0.142. The number of nitrogens with zero attached hydrogens (tertiary/aromatic N) is 2. The summed E-state index contributed by atoms with van der Waals surface area (Å²) in [6.07, 6.45) is 1.47. The summed E-state index contributed by atoms with van der Waals surface area (Å²) in [5.74, 6) is 0.0412. The highest BCUT2D eigenvalue weighted by molar-refractivity contribution is 7.08. The molecule has 1 saturated carbocycles. The minimum Gasteiger partial charge on any atom is -0.481 e. The first-order valence-electron chi connectivity index (χ1n) is 6.66. The third-order valence-electron chi connectivity index (χ3n) is 3.97. The van der Waals surface area contributed by atoms with Crippen molar-refractivity contribution < 1.29 is 14.4 Å². The summed E-state index contributed by atoms with van der Waals surface area (Å²) in [4.78, 5) is 15.8. The molecule has 2 heterocycles. The van der Waals surface area contributed by atoms with Crippen LogP contribution in [0.5, 0.6) is 0 Å². The van der Waals surface area contributed by atoms with Gasteiger partial charge in [-0.25, -0.2) is 0 Å². The molecule has 0 spiro atoms. The van der Waals surface area contributed by atoms with Crippen LogP contribution in [-0.2, 0) is 4.79 Å². The van der Waals surface area contributed by atoms with Crippen molar-refractivity contribution in [3.05, 3.63) is 22.2 Å². The van der Waals surface area contributed by atoms with E-state index in [2.05, 4.69) is 17.1 Å². The molecule has 6 heteroatoms. The highest BCUT2D eigenvalue weighted by atomic mass is 32.1. The number of aryl methyl sites for hydroxylation is 1. The van der Waals surface area contributed by atoms with Crippen molar-refractivity contribution in [1.29, 1.82) is 0 Å². The van der Waals surface area contributed by atoms with Crippen LogP contribution < -0.4 is 0 Å². The molecule has 1 N–H and O–H groups in total. The number of carboxylic acids is 1. The van der Waals surface area contributed by atoms with Crippen molar-refractivity contribution in [2.45, 2.75) is 32.6 Å². The molecule has 0 bridgehead atoms. The smallest absolute Gasteiger partial charge is 0.307 e. The molecule has 1 aliphatic rings. The van der Waals surface area contributed by atoms with Gasteiger partial charge in [0.1, 0.15) is 0 Å². The minimum atomic E-state index is -0.772. The number of hydrogen-bond donors (Lipinski definition) is 1. The fourth-order valence-corrected chi connectivity index (χ4v) is 3.75. The van der Waals surface area contributed by atoms with E-state index >= 15 is 0 Å². The molecule has 3 atom stereocenters. The maximum Gasteiger partial charge on any atom is 0.307 e. The number of rotatable bonds is 3. The van der Waals surface area contributed by atoms with Gasteiger partial charge in [0.25, 0.3) is 0 Å². The molecular formula is C14H16N2O3S. The van der Waals surface area contributed by atoms with E-state index in [1.54, 1.807) is 11.3 Å². The molecule has 0 radical (unpaired) electrons. The van der Waals surface area contributed by atoms with E-state index in [0.29, 0.717) is 24.1 Å². The zero-order valence-corrected chi connectivity index (χ0v) is 12.2. The van der Waals surface area contributed by atoms with Crippen LogP contribution in [0.15, 0.2) is 15.3 Å². The van der Waals surface area contributed by atoms with E-state index in [-0.39, 0.29) is 5.92 Å². The van der Waals surface area contributed by atoms with Crippen LogP contribution in [0, 0.1) is 18.8 Å². The Balaban J connectivity index is 1.90. The summed E-state index contributed by atoms with van der Waals surface area (Å²) in [6.45, 7) is 4.07. The molecule has 106 valence electrons. The highest BCUT2D eigenvalue weighted by Crippen LogP contribution is 2.43. The Morgan fingerprint density at radius 1 is 1.45 bits per heavy atom. The van der Waals surface area contributed by atoms with Gasteiger partial charge in [-0.1, -0.05) is 12.1 Å². The summed E-state index contributed by atoms with van der Waals surface area (Å²) in [6, 6.07) is 0. The summed E-state index contributed by atoms with van der Waals surface area (Å²) >= 11 is 1.59. The number of hydrogen-bond acceptors (Lipinski definition) is 5. The normalized spacial score (nSPS) is 26.0. The zero-order chi connectivity index (χ0) is 14.3. The van der Waals surface area contributed by atoms with E-state index < -0.39 is 11.9 Å². The second-order valence-corrected chi connectivity index (χ2v) is 6.30. The Kier molecular flexibility index (Phi) is 3.33. The second-order valence-electron chi connectivity index (χ2n) is 5.55. The number of aromatic nitrogens is 2. The Morgan fingerprint density at radius 2 is 2.25 bits per heavy atom. The largest absolute Gasteiger partial charge is 0.481 e. The average Bonchev–Trinajstić information content (AvgIpc) is 3.06. The van der Waals surface area contributed by atoms with E-state index in [4.69, 9.17) is 4.52 Å². The van der Waals surface area contributed by atoms with Gasteiger partial charge in [0.15, 0.2) is 0 Å². The maximum absolute atomic E-state index is 11.3. The Labute approximate surface area is 120 Å². The predicted octanol–water partition coefficient (Wildman–Crippen LogP) is 3.32. The zero-order valence-electron chi connectivity index (χ0n) is 11.4. The van der Waals surface area contributed by atoms with E-state index in [9.17, 15) is 9.90 Å². The van der Waals surface area contributed by atoms with Crippen molar-refractivity contribution in [1.82, 2.24) is 10.1 Å². The highest BCUT2D eigenvalue weighted by Gasteiger charge is 2.41. The van der Waals surface area contributed by atoms with Gasteiger partial charge >= 0.3 is 5.97 Å². The van der Waals surface area contributed by atoms with Gasteiger partial charge in [0.2, 0.25) is 11.7 Å². The molecule has 0 aliphatic heterocycles. The van der Waals surface area contributed by atoms with Gasteiger partial charge in [-0.2, -0.15) is 16.3 Å². The van der Waals surface area contributed by atoms with Gasteiger partial charge in [0, 0.05) is 10.9 Å². The van der Waals surface area contributed by atoms with E-state index in [1.807, 2.05) is 17.7 Å². The second kappa shape index (κ2) is 5.01. The molecule has 5 nitrogen and oxygen atoms in total. The number of aliphatic carboxylic acids is 1. The van der Waals surface area contributed by atoms with Gasteiger partial charge < -0.3 is 9.63 Å². The summed E-state index contributed by atoms with van der Waals surface area (Å²) in [5, 5.41) is 17.3. The molecule has 3 unspecified atom stereocenters. The Bertz CT molecular complexity index is 634. The number of carboxylic acid groups (broad SMARTS) is 1.